The molecule has 1 N–H and O–H groups in total. The van der Waals surface area contributed by atoms with Crippen LogP contribution in [-0.4, -0.2) is 64.4 Å². The average molecular weight is 443 g/mol. The predicted molar refractivity (Wildman–Crippen MR) is 116 cm³/mol. The van der Waals surface area contributed by atoms with Gasteiger partial charge in [-0.05, 0) is 24.3 Å². The normalized spacial score (nSPS) is 13.9. The van der Waals surface area contributed by atoms with Crippen molar-refractivity contribution in [2.75, 3.05) is 37.6 Å². The Bertz CT molecular complexity index is 1040. The average Bonchev–Trinajstić information content (AvgIpc) is 3.28. The third-order valence-electron chi connectivity index (χ3n) is 4.70. The van der Waals surface area contributed by atoms with Crippen molar-refractivity contribution < 1.29 is 9.59 Å². The van der Waals surface area contributed by atoms with Crippen molar-refractivity contribution in [3.63, 3.8) is 0 Å². The molecule has 0 unspecified atom stereocenters. The Kier molecular flexibility index (Phi) is 6.20. The molecule has 3 heterocycles. The number of anilines is 1. The highest BCUT2D eigenvalue weighted by molar-refractivity contribution is 7.13. The van der Waals surface area contributed by atoms with Crippen molar-refractivity contribution in [3.05, 3.63) is 58.8 Å². The zero-order chi connectivity index (χ0) is 20.9. The highest BCUT2D eigenvalue weighted by atomic mass is 35.5. The number of thiazole rings is 1. The van der Waals surface area contributed by atoms with E-state index in [2.05, 4.69) is 25.2 Å². The van der Waals surface area contributed by atoms with Gasteiger partial charge in [-0.15, -0.1) is 11.3 Å². The van der Waals surface area contributed by atoms with Crippen molar-refractivity contribution >= 4 is 40.4 Å². The van der Waals surface area contributed by atoms with Gasteiger partial charge in [-0.3, -0.25) is 9.59 Å². The van der Waals surface area contributed by atoms with Crippen LogP contribution in [-0.2, 0) is 4.79 Å². The maximum Gasteiger partial charge on any atom is 0.271 e. The van der Waals surface area contributed by atoms with Crippen molar-refractivity contribution in [1.82, 2.24) is 25.2 Å². The SMILES string of the molecule is O=C(NCC(=O)N1CCN(c2cccc(Cl)c2)CC1)c1csc(-c2ncccn2)n1. The standard InChI is InChI=1S/C20H19ClN6O2S/c21-14-3-1-4-15(11-14)26-7-9-27(10-8-26)17(28)12-24-19(29)16-13-30-20(25-16)18-22-5-2-6-23-18/h1-6,11,13H,7-10,12H2,(H,24,29). The zero-order valence-electron chi connectivity index (χ0n) is 16.0. The van der Waals surface area contributed by atoms with Crippen LogP contribution in [0.25, 0.3) is 10.8 Å². The van der Waals surface area contributed by atoms with Crippen molar-refractivity contribution in [2.24, 2.45) is 0 Å². The van der Waals surface area contributed by atoms with Crippen LogP contribution < -0.4 is 10.2 Å². The van der Waals surface area contributed by atoms with Gasteiger partial charge < -0.3 is 15.1 Å². The number of carbonyl (C=O) groups excluding carboxylic acids is 2. The molecule has 0 spiro atoms. The second-order valence-corrected chi connectivity index (χ2v) is 7.94. The lowest BCUT2D eigenvalue weighted by Crippen LogP contribution is -2.51. The Morgan fingerprint density at radius 3 is 2.60 bits per heavy atom. The van der Waals surface area contributed by atoms with Crippen LogP contribution in [0.15, 0.2) is 48.1 Å². The minimum absolute atomic E-state index is 0.0648. The Morgan fingerprint density at radius 1 is 1.10 bits per heavy atom. The van der Waals surface area contributed by atoms with Crippen LogP contribution in [0.2, 0.25) is 5.02 Å². The van der Waals surface area contributed by atoms with Crippen molar-refractivity contribution in [3.8, 4) is 10.8 Å². The summed E-state index contributed by atoms with van der Waals surface area (Å²) in [5.74, 6) is -0.0366. The first-order valence-electron chi connectivity index (χ1n) is 9.39. The van der Waals surface area contributed by atoms with E-state index in [4.69, 9.17) is 11.6 Å². The van der Waals surface area contributed by atoms with E-state index in [1.165, 1.54) is 11.3 Å². The van der Waals surface area contributed by atoms with Gasteiger partial charge in [-0.25, -0.2) is 15.0 Å². The number of halogens is 1. The molecule has 1 saturated heterocycles. The summed E-state index contributed by atoms with van der Waals surface area (Å²) in [6, 6.07) is 9.39. The molecule has 1 aliphatic rings. The molecule has 2 aromatic heterocycles. The van der Waals surface area contributed by atoms with Crippen LogP contribution in [0.4, 0.5) is 5.69 Å². The van der Waals surface area contributed by atoms with Gasteiger partial charge in [-0.2, -0.15) is 0 Å². The molecule has 30 heavy (non-hydrogen) atoms. The van der Waals surface area contributed by atoms with Crippen LogP contribution in [0.5, 0.6) is 0 Å². The van der Waals surface area contributed by atoms with Gasteiger partial charge in [0, 0.05) is 54.7 Å². The molecule has 154 valence electrons. The van der Waals surface area contributed by atoms with Crippen LogP contribution in [0, 0.1) is 0 Å². The Hall–Kier alpha value is -3.04. The van der Waals surface area contributed by atoms with Crippen LogP contribution >= 0.6 is 22.9 Å². The monoisotopic (exact) mass is 442 g/mol. The number of benzene rings is 1. The Labute approximate surface area is 182 Å². The summed E-state index contributed by atoms with van der Waals surface area (Å²) in [5, 5.41) is 5.54. The minimum atomic E-state index is -0.389. The molecular formula is C20H19ClN6O2S. The van der Waals surface area contributed by atoms with Crippen LogP contribution in [0.3, 0.4) is 0 Å². The minimum Gasteiger partial charge on any atom is -0.368 e. The predicted octanol–water partition coefficient (Wildman–Crippen LogP) is 2.33. The number of hydrogen-bond acceptors (Lipinski definition) is 7. The lowest BCUT2D eigenvalue weighted by atomic mass is 10.2. The van der Waals surface area contributed by atoms with E-state index in [1.54, 1.807) is 28.7 Å². The maximum absolute atomic E-state index is 12.5. The second kappa shape index (κ2) is 9.19. The summed E-state index contributed by atoms with van der Waals surface area (Å²) in [5.41, 5.74) is 1.30. The summed E-state index contributed by atoms with van der Waals surface area (Å²) in [6.07, 6.45) is 3.24. The van der Waals surface area contributed by atoms with Gasteiger partial charge in [0.1, 0.15) is 5.69 Å². The lowest BCUT2D eigenvalue weighted by Gasteiger charge is -2.36. The summed E-state index contributed by atoms with van der Waals surface area (Å²) < 4.78 is 0. The van der Waals surface area contributed by atoms with Gasteiger partial charge in [0.05, 0.1) is 6.54 Å². The Morgan fingerprint density at radius 2 is 1.87 bits per heavy atom. The summed E-state index contributed by atoms with van der Waals surface area (Å²) in [4.78, 5) is 41.3. The topological polar surface area (TPSA) is 91.3 Å². The van der Waals surface area contributed by atoms with Crippen molar-refractivity contribution in [2.45, 2.75) is 0 Å². The van der Waals surface area contributed by atoms with Gasteiger partial charge in [0.25, 0.3) is 5.91 Å². The van der Waals surface area contributed by atoms with E-state index in [9.17, 15) is 9.59 Å². The number of piperazine rings is 1. The molecule has 0 radical (unpaired) electrons. The number of rotatable bonds is 5. The molecule has 10 heteroatoms. The van der Waals surface area contributed by atoms with Gasteiger partial charge in [0.15, 0.2) is 10.8 Å². The fourth-order valence-corrected chi connectivity index (χ4v) is 4.06. The maximum atomic E-state index is 12.5. The molecule has 2 amide bonds. The van der Waals surface area contributed by atoms with Gasteiger partial charge >= 0.3 is 0 Å². The third kappa shape index (κ3) is 4.74. The second-order valence-electron chi connectivity index (χ2n) is 6.64. The van der Waals surface area contributed by atoms with E-state index in [0.29, 0.717) is 42.0 Å². The third-order valence-corrected chi connectivity index (χ3v) is 5.77. The summed E-state index contributed by atoms with van der Waals surface area (Å²) in [7, 11) is 0. The largest absolute Gasteiger partial charge is 0.368 e. The molecule has 3 aromatic rings. The number of nitrogens with zero attached hydrogens (tertiary/aromatic N) is 5. The fourth-order valence-electron chi connectivity index (χ4n) is 3.14. The first-order chi connectivity index (χ1) is 14.6. The molecule has 0 aliphatic carbocycles. The lowest BCUT2D eigenvalue weighted by molar-refractivity contribution is -0.130. The smallest absolute Gasteiger partial charge is 0.271 e. The molecule has 8 nitrogen and oxygen atoms in total. The molecular weight excluding hydrogens is 424 g/mol. The molecule has 1 fully saturated rings. The van der Waals surface area contributed by atoms with Gasteiger partial charge in [0.2, 0.25) is 5.91 Å². The van der Waals surface area contributed by atoms with E-state index >= 15 is 0 Å². The van der Waals surface area contributed by atoms with E-state index < -0.39 is 0 Å². The summed E-state index contributed by atoms with van der Waals surface area (Å²) in [6.45, 7) is 2.55. The van der Waals surface area contributed by atoms with Crippen LogP contribution in [0.1, 0.15) is 10.5 Å². The fraction of sp³-hybridized carbons (Fsp3) is 0.250. The summed E-state index contributed by atoms with van der Waals surface area (Å²) >= 11 is 7.34. The number of hydrogen-bond donors (Lipinski definition) is 1. The highest BCUT2D eigenvalue weighted by Crippen LogP contribution is 2.21. The van der Waals surface area contributed by atoms with Crippen molar-refractivity contribution in [1.29, 1.82) is 0 Å². The number of nitrogens with one attached hydrogen (secondary N) is 1. The number of amides is 2. The highest BCUT2D eigenvalue weighted by Gasteiger charge is 2.22. The molecule has 0 atom stereocenters. The molecule has 1 aromatic carbocycles. The zero-order valence-corrected chi connectivity index (χ0v) is 17.6. The molecule has 0 saturated carbocycles. The Balaban J connectivity index is 1.27. The van der Waals surface area contributed by atoms with E-state index in [0.717, 1.165) is 5.69 Å². The quantitative estimate of drug-likeness (QED) is 0.652. The first-order valence-corrected chi connectivity index (χ1v) is 10.7. The first kappa shape index (κ1) is 20.2. The van der Waals surface area contributed by atoms with Gasteiger partial charge in [-0.1, -0.05) is 17.7 Å². The van der Waals surface area contributed by atoms with E-state index in [1.807, 2.05) is 24.3 Å². The number of aromatic nitrogens is 3. The number of carbonyl (C=O) groups is 2. The van der Waals surface area contributed by atoms with E-state index in [-0.39, 0.29) is 24.1 Å². The molecule has 4 rings (SSSR count). The molecule has 0 bridgehead atoms. The molecule has 1 aliphatic heterocycles.